The number of hydrogen-bond acceptors (Lipinski definition) is 3. The van der Waals surface area contributed by atoms with Crippen LogP contribution in [0.4, 0.5) is 0 Å². The molecular weight excluding hydrogens is 306 g/mol. The average Bonchev–Trinajstić information content (AvgIpc) is 2.96. The molecule has 0 saturated heterocycles. The Hall–Kier alpha value is -2.34. The average molecular weight is 322 g/mol. The molecule has 1 amide bonds. The van der Waals surface area contributed by atoms with Crippen molar-refractivity contribution in [1.29, 1.82) is 0 Å². The van der Waals surface area contributed by atoms with Crippen molar-refractivity contribution in [3.8, 4) is 0 Å². The number of carboxylic acids is 1. The first-order valence-corrected chi connectivity index (χ1v) is 7.19. The van der Waals surface area contributed by atoms with E-state index in [1.165, 1.54) is 0 Å². The van der Waals surface area contributed by atoms with E-state index >= 15 is 0 Å². The number of carbonyl (C=O) groups is 2. The van der Waals surface area contributed by atoms with Gasteiger partial charge in [-0.1, -0.05) is 30.7 Å². The summed E-state index contributed by atoms with van der Waals surface area (Å²) in [6.07, 6.45) is 0.508. The van der Waals surface area contributed by atoms with Crippen molar-refractivity contribution in [2.75, 3.05) is 0 Å². The molecule has 0 fully saturated rings. The fourth-order valence-electron chi connectivity index (χ4n) is 2.01. The zero-order valence-electron chi connectivity index (χ0n) is 12.0. The van der Waals surface area contributed by atoms with E-state index in [9.17, 15) is 9.59 Å². The van der Waals surface area contributed by atoms with Crippen LogP contribution >= 0.6 is 11.6 Å². The zero-order chi connectivity index (χ0) is 16.1. The molecule has 0 unspecified atom stereocenters. The first-order chi connectivity index (χ1) is 10.5. The Morgan fingerprint density at radius 1 is 1.36 bits per heavy atom. The quantitative estimate of drug-likeness (QED) is 0.762. The Morgan fingerprint density at radius 3 is 2.59 bits per heavy atom. The van der Waals surface area contributed by atoms with Gasteiger partial charge in [-0.05, 0) is 30.2 Å². The number of aliphatic carboxylic acids is 1. The largest absolute Gasteiger partial charge is 0.481 e. The van der Waals surface area contributed by atoms with Gasteiger partial charge in [-0.25, -0.2) is 0 Å². The normalized spacial score (nSPS) is 11.9. The number of aromatic nitrogens is 2. The predicted octanol–water partition coefficient (Wildman–Crippen LogP) is 2.57. The number of rotatable bonds is 6. The molecule has 1 heterocycles. The molecule has 0 aliphatic carbocycles. The first kappa shape index (κ1) is 16.0. The molecule has 1 aromatic carbocycles. The highest BCUT2D eigenvalue weighted by Gasteiger charge is 2.20. The number of aromatic amines is 1. The van der Waals surface area contributed by atoms with Crippen LogP contribution < -0.4 is 5.32 Å². The maximum atomic E-state index is 12.2. The number of hydrogen-bond donors (Lipinski definition) is 3. The predicted molar refractivity (Wildman–Crippen MR) is 81.9 cm³/mol. The van der Waals surface area contributed by atoms with Gasteiger partial charge in [-0.2, -0.15) is 5.10 Å². The summed E-state index contributed by atoms with van der Waals surface area (Å²) >= 11 is 5.82. The van der Waals surface area contributed by atoms with Crippen molar-refractivity contribution in [2.24, 2.45) is 0 Å². The number of carboxylic acid groups (broad SMARTS) is 1. The molecule has 2 aromatic rings. The van der Waals surface area contributed by atoms with Crippen LogP contribution in [0.1, 0.15) is 41.1 Å². The molecule has 6 nitrogen and oxygen atoms in total. The van der Waals surface area contributed by atoms with Gasteiger partial charge in [0.2, 0.25) is 0 Å². The van der Waals surface area contributed by atoms with Crippen molar-refractivity contribution < 1.29 is 14.7 Å². The van der Waals surface area contributed by atoms with Gasteiger partial charge in [0.25, 0.3) is 5.91 Å². The van der Waals surface area contributed by atoms with Gasteiger partial charge in [-0.3, -0.25) is 14.7 Å². The zero-order valence-corrected chi connectivity index (χ0v) is 12.7. The molecular formula is C15H16ClN3O3. The Kier molecular flexibility index (Phi) is 5.16. The molecule has 0 aliphatic rings. The lowest BCUT2D eigenvalue weighted by Crippen LogP contribution is -2.30. The molecule has 7 heteroatoms. The molecule has 116 valence electrons. The number of aryl methyl sites for hydroxylation is 1. The van der Waals surface area contributed by atoms with Gasteiger partial charge in [0, 0.05) is 10.7 Å². The summed E-state index contributed by atoms with van der Waals surface area (Å²) in [5, 5.41) is 18.9. The second kappa shape index (κ2) is 7.09. The summed E-state index contributed by atoms with van der Waals surface area (Å²) in [6.45, 7) is 1.94. The van der Waals surface area contributed by atoms with Crippen molar-refractivity contribution >= 4 is 23.5 Å². The number of nitrogens with zero attached hydrogens (tertiary/aromatic N) is 1. The Bertz CT molecular complexity index is 667. The minimum absolute atomic E-state index is 0.224. The van der Waals surface area contributed by atoms with Gasteiger partial charge >= 0.3 is 5.97 Å². The minimum Gasteiger partial charge on any atom is -0.481 e. The van der Waals surface area contributed by atoms with E-state index in [0.29, 0.717) is 10.6 Å². The highest BCUT2D eigenvalue weighted by Crippen LogP contribution is 2.20. The Balaban J connectivity index is 2.17. The van der Waals surface area contributed by atoms with Crippen molar-refractivity contribution in [1.82, 2.24) is 15.5 Å². The fraction of sp³-hybridized carbons (Fsp3) is 0.267. The summed E-state index contributed by atoms with van der Waals surface area (Å²) in [5.41, 5.74) is 1.75. The fourth-order valence-corrected chi connectivity index (χ4v) is 2.14. The SMILES string of the molecule is CCc1cc(C(=O)N[C@@H](CC(=O)O)c2ccc(Cl)cc2)n[nH]1. The van der Waals surface area contributed by atoms with Crippen LogP contribution in [0, 0.1) is 0 Å². The molecule has 0 bridgehead atoms. The number of halogens is 1. The summed E-state index contributed by atoms with van der Waals surface area (Å²) in [6, 6.07) is 7.69. The van der Waals surface area contributed by atoms with Crippen LogP contribution in [0.3, 0.4) is 0 Å². The van der Waals surface area contributed by atoms with Crippen molar-refractivity contribution in [3.05, 3.63) is 52.3 Å². The Morgan fingerprint density at radius 2 is 2.05 bits per heavy atom. The van der Waals surface area contributed by atoms with Crippen LogP contribution in [0.15, 0.2) is 30.3 Å². The molecule has 0 saturated carbocycles. The van der Waals surface area contributed by atoms with Gasteiger partial charge in [-0.15, -0.1) is 0 Å². The lowest BCUT2D eigenvalue weighted by Gasteiger charge is -2.16. The van der Waals surface area contributed by atoms with Crippen LogP contribution in [-0.4, -0.2) is 27.2 Å². The topological polar surface area (TPSA) is 95.1 Å². The second-order valence-electron chi connectivity index (χ2n) is 4.81. The number of carbonyl (C=O) groups excluding carboxylic acids is 1. The smallest absolute Gasteiger partial charge is 0.305 e. The van der Waals surface area contributed by atoms with Gasteiger partial charge < -0.3 is 10.4 Å². The third-order valence-corrected chi connectivity index (χ3v) is 3.45. The lowest BCUT2D eigenvalue weighted by atomic mass is 10.0. The highest BCUT2D eigenvalue weighted by molar-refractivity contribution is 6.30. The van der Waals surface area contributed by atoms with E-state index in [0.717, 1.165) is 12.1 Å². The van der Waals surface area contributed by atoms with E-state index in [4.69, 9.17) is 16.7 Å². The van der Waals surface area contributed by atoms with E-state index in [1.807, 2.05) is 6.92 Å². The Labute approximate surface area is 132 Å². The van der Waals surface area contributed by atoms with Crippen molar-refractivity contribution in [2.45, 2.75) is 25.8 Å². The third kappa shape index (κ3) is 4.08. The van der Waals surface area contributed by atoms with E-state index in [2.05, 4.69) is 15.5 Å². The molecule has 22 heavy (non-hydrogen) atoms. The summed E-state index contributed by atoms with van der Waals surface area (Å²) < 4.78 is 0. The van der Waals surface area contributed by atoms with Crippen LogP contribution in [-0.2, 0) is 11.2 Å². The second-order valence-corrected chi connectivity index (χ2v) is 5.24. The lowest BCUT2D eigenvalue weighted by molar-refractivity contribution is -0.137. The molecule has 0 spiro atoms. The molecule has 1 aromatic heterocycles. The number of nitrogens with one attached hydrogen (secondary N) is 2. The molecule has 0 aliphatic heterocycles. The molecule has 3 N–H and O–H groups in total. The van der Waals surface area contributed by atoms with E-state index in [1.54, 1.807) is 30.3 Å². The summed E-state index contributed by atoms with van der Waals surface area (Å²) in [7, 11) is 0. The molecule has 0 radical (unpaired) electrons. The first-order valence-electron chi connectivity index (χ1n) is 6.82. The molecule has 1 atom stereocenters. The van der Waals surface area contributed by atoms with E-state index < -0.39 is 17.9 Å². The van der Waals surface area contributed by atoms with Gasteiger partial charge in [0.15, 0.2) is 0 Å². The summed E-state index contributed by atoms with van der Waals surface area (Å²) in [4.78, 5) is 23.2. The monoisotopic (exact) mass is 321 g/mol. The van der Waals surface area contributed by atoms with Gasteiger partial charge in [0.05, 0.1) is 12.5 Å². The van der Waals surface area contributed by atoms with Crippen LogP contribution in [0.25, 0.3) is 0 Å². The third-order valence-electron chi connectivity index (χ3n) is 3.20. The summed E-state index contributed by atoms with van der Waals surface area (Å²) in [5.74, 6) is -1.42. The number of H-pyrrole nitrogens is 1. The van der Waals surface area contributed by atoms with E-state index in [-0.39, 0.29) is 12.1 Å². The van der Waals surface area contributed by atoms with Crippen LogP contribution in [0.5, 0.6) is 0 Å². The maximum Gasteiger partial charge on any atom is 0.305 e. The molecule has 2 rings (SSSR count). The van der Waals surface area contributed by atoms with Crippen molar-refractivity contribution in [3.63, 3.8) is 0 Å². The number of benzene rings is 1. The minimum atomic E-state index is -1.00. The number of amides is 1. The highest BCUT2D eigenvalue weighted by atomic mass is 35.5. The standard InChI is InChI=1S/C15H16ClN3O3/c1-2-11-7-13(19-18-11)15(22)17-12(8-14(20)21)9-3-5-10(16)6-4-9/h3-7,12H,2,8H2,1H3,(H,17,22)(H,18,19)(H,20,21)/t12-/m0/s1. The van der Waals surface area contributed by atoms with Crippen LogP contribution in [0.2, 0.25) is 5.02 Å². The van der Waals surface area contributed by atoms with Gasteiger partial charge in [0.1, 0.15) is 5.69 Å². The maximum absolute atomic E-state index is 12.2.